The number of carbonyl (C=O) groups excluding carboxylic acids is 1. The number of aromatic nitrogens is 1. The number of benzene rings is 1. The van der Waals surface area contributed by atoms with E-state index in [-0.39, 0.29) is 35.9 Å². The summed E-state index contributed by atoms with van der Waals surface area (Å²) in [6.07, 6.45) is 1.60. The summed E-state index contributed by atoms with van der Waals surface area (Å²) >= 11 is 0. The molecular formula is C20H28IN5O2. The van der Waals surface area contributed by atoms with Crippen LogP contribution in [0.25, 0.3) is 10.9 Å². The molecule has 0 unspecified atom stereocenters. The molecule has 8 heteroatoms. The predicted molar refractivity (Wildman–Crippen MR) is 123 cm³/mol. The molecule has 1 aromatic heterocycles. The van der Waals surface area contributed by atoms with Gasteiger partial charge >= 0.3 is 5.97 Å². The van der Waals surface area contributed by atoms with Crippen LogP contribution in [0.1, 0.15) is 12.8 Å². The first-order valence-corrected chi connectivity index (χ1v) is 9.34. The first kappa shape index (κ1) is 22.2. The minimum atomic E-state index is -0.107. The van der Waals surface area contributed by atoms with E-state index in [0.717, 1.165) is 61.7 Å². The van der Waals surface area contributed by atoms with Gasteiger partial charge in [-0.1, -0.05) is 18.2 Å². The number of aliphatic imine (C=N–C) groups is 1. The Morgan fingerprint density at radius 3 is 2.68 bits per heavy atom. The van der Waals surface area contributed by atoms with Crippen LogP contribution in [-0.2, 0) is 9.53 Å². The Bertz CT molecular complexity index is 806. The molecular weight excluding hydrogens is 469 g/mol. The molecule has 0 aliphatic carbocycles. The molecule has 1 fully saturated rings. The molecule has 7 nitrogen and oxygen atoms in total. The lowest BCUT2D eigenvalue weighted by molar-refractivity contribution is -0.146. The Balaban J connectivity index is 0.00000280. The Hall–Kier alpha value is -2.10. The summed E-state index contributed by atoms with van der Waals surface area (Å²) in [6.45, 7) is 3.08. The largest absolute Gasteiger partial charge is 0.469 e. The number of methoxy groups -OCH3 is 1. The summed E-state index contributed by atoms with van der Waals surface area (Å²) < 4.78 is 4.84. The molecule has 0 saturated carbocycles. The molecule has 0 amide bonds. The standard InChI is InChI=1S/C20H27N5O2.HI/c1-21-20(25-13-9-16(10-14-25)19(26)27-2)23-12-11-22-18-8-7-15-5-3-4-6-17(15)24-18;/h3-8,16H,9-14H2,1-2H3,(H,21,23)(H,22,24);1H. The number of piperidine rings is 1. The average Bonchev–Trinajstić information content (AvgIpc) is 2.73. The third-order valence-corrected chi connectivity index (χ3v) is 4.85. The zero-order valence-electron chi connectivity index (χ0n) is 16.4. The molecule has 0 spiro atoms. The smallest absolute Gasteiger partial charge is 0.308 e. The maximum atomic E-state index is 11.6. The molecule has 0 bridgehead atoms. The first-order chi connectivity index (χ1) is 13.2. The van der Waals surface area contributed by atoms with Crippen LogP contribution in [0.5, 0.6) is 0 Å². The Morgan fingerprint density at radius 2 is 1.96 bits per heavy atom. The number of nitrogens with zero attached hydrogens (tertiary/aromatic N) is 3. The van der Waals surface area contributed by atoms with E-state index in [2.05, 4.69) is 37.6 Å². The van der Waals surface area contributed by atoms with Crippen LogP contribution < -0.4 is 10.6 Å². The van der Waals surface area contributed by atoms with Gasteiger partial charge in [-0.3, -0.25) is 9.79 Å². The fraction of sp³-hybridized carbons (Fsp3) is 0.450. The number of pyridine rings is 1. The second-order valence-corrected chi connectivity index (χ2v) is 6.57. The fourth-order valence-corrected chi connectivity index (χ4v) is 3.36. The molecule has 3 rings (SSSR count). The molecule has 2 N–H and O–H groups in total. The number of para-hydroxylation sites is 1. The van der Waals surface area contributed by atoms with Crippen molar-refractivity contribution in [1.29, 1.82) is 0 Å². The summed E-state index contributed by atoms with van der Waals surface area (Å²) in [5.74, 6) is 1.63. The SMILES string of the molecule is CN=C(NCCNc1ccc2ccccc2n1)N1CCC(C(=O)OC)CC1.I. The van der Waals surface area contributed by atoms with Crippen LogP contribution in [0.4, 0.5) is 5.82 Å². The third-order valence-electron chi connectivity index (χ3n) is 4.85. The molecule has 0 radical (unpaired) electrons. The number of esters is 1. The summed E-state index contributed by atoms with van der Waals surface area (Å²) in [5.41, 5.74) is 0.986. The molecule has 1 aromatic carbocycles. The number of rotatable bonds is 5. The molecule has 2 heterocycles. The van der Waals surface area contributed by atoms with Crippen molar-refractivity contribution >= 4 is 52.6 Å². The van der Waals surface area contributed by atoms with E-state index in [4.69, 9.17) is 4.74 Å². The Labute approximate surface area is 183 Å². The topological polar surface area (TPSA) is 78.9 Å². The van der Waals surface area contributed by atoms with E-state index in [9.17, 15) is 4.79 Å². The van der Waals surface area contributed by atoms with Crippen molar-refractivity contribution in [3.05, 3.63) is 36.4 Å². The molecule has 28 heavy (non-hydrogen) atoms. The van der Waals surface area contributed by atoms with Crippen molar-refractivity contribution < 1.29 is 9.53 Å². The highest BCUT2D eigenvalue weighted by atomic mass is 127. The predicted octanol–water partition coefficient (Wildman–Crippen LogP) is 2.73. The molecule has 1 saturated heterocycles. The van der Waals surface area contributed by atoms with Crippen molar-refractivity contribution in [1.82, 2.24) is 15.2 Å². The van der Waals surface area contributed by atoms with Gasteiger partial charge in [-0.05, 0) is 31.0 Å². The van der Waals surface area contributed by atoms with Crippen LogP contribution in [0.15, 0.2) is 41.4 Å². The Kier molecular flexibility index (Phi) is 8.75. The van der Waals surface area contributed by atoms with Gasteiger partial charge in [-0.25, -0.2) is 4.98 Å². The number of halogens is 1. The summed E-state index contributed by atoms with van der Waals surface area (Å²) in [6, 6.07) is 12.1. The van der Waals surface area contributed by atoms with Crippen LogP contribution in [0.2, 0.25) is 0 Å². The minimum absolute atomic E-state index is 0. The number of anilines is 1. The summed E-state index contributed by atoms with van der Waals surface area (Å²) in [7, 11) is 3.24. The molecule has 2 aromatic rings. The number of hydrogen-bond acceptors (Lipinski definition) is 5. The second kappa shape index (κ2) is 11.0. The fourth-order valence-electron chi connectivity index (χ4n) is 3.36. The van der Waals surface area contributed by atoms with E-state index in [1.165, 1.54) is 7.11 Å². The van der Waals surface area contributed by atoms with Crippen LogP contribution in [-0.4, -0.2) is 62.1 Å². The monoisotopic (exact) mass is 497 g/mol. The lowest BCUT2D eigenvalue weighted by atomic mass is 9.97. The van der Waals surface area contributed by atoms with Crippen LogP contribution in [0, 0.1) is 5.92 Å². The van der Waals surface area contributed by atoms with Gasteiger partial charge in [0.2, 0.25) is 0 Å². The third kappa shape index (κ3) is 5.70. The maximum absolute atomic E-state index is 11.6. The summed E-state index contributed by atoms with van der Waals surface area (Å²) in [4.78, 5) is 22.8. The van der Waals surface area contributed by atoms with E-state index in [1.807, 2.05) is 24.3 Å². The zero-order chi connectivity index (χ0) is 19.1. The molecule has 0 atom stereocenters. The number of fused-ring (bicyclic) bond motifs is 1. The highest BCUT2D eigenvalue weighted by Crippen LogP contribution is 2.18. The van der Waals surface area contributed by atoms with E-state index >= 15 is 0 Å². The number of guanidine groups is 1. The van der Waals surface area contributed by atoms with Crippen molar-refractivity contribution in [3.8, 4) is 0 Å². The van der Waals surface area contributed by atoms with Gasteiger partial charge in [0, 0.05) is 38.6 Å². The average molecular weight is 497 g/mol. The van der Waals surface area contributed by atoms with Gasteiger partial charge in [-0.2, -0.15) is 0 Å². The lowest BCUT2D eigenvalue weighted by Gasteiger charge is -2.33. The highest BCUT2D eigenvalue weighted by molar-refractivity contribution is 14.0. The normalized spacial score (nSPS) is 15.1. The maximum Gasteiger partial charge on any atom is 0.308 e. The first-order valence-electron chi connectivity index (χ1n) is 9.34. The molecule has 1 aliphatic heterocycles. The van der Waals surface area contributed by atoms with E-state index < -0.39 is 0 Å². The van der Waals surface area contributed by atoms with Crippen molar-refractivity contribution in [2.75, 3.05) is 45.7 Å². The summed E-state index contributed by atoms with van der Waals surface area (Å²) in [5, 5.41) is 7.85. The highest BCUT2D eigenvalue weighted by Gasteiger charge is 2.26. The molecule has 1 aliphatic rings. The van der Waals surface area contributed by atoms with Crippen molar-refractivity contribution in [3.63, 3.8) is 0 Å². The number of likely N-dealkylation sites (tertiary alicyclic amines) is 1. The Morgan fingerprint density at radius 1 is 1.21 bits per heavy atom. The minimum Gasteiger partial charge on any atom is -0.469 e. The van der Waals surface area contributed by atoms with Crippen molar-refractivity contribution in [2.24, 2.45) is 10.9 Å². The number of carbonyl (C=O) groups is 1. The van der Waals surface area contributed by atoms with Gasteiger partial charge < -0.3 is 20.3 Å². The second-order valence-electron chi connectivity index (χ2n) is 6.57. The van der Waals surface area contributed by atoms with Gasteiger partial charge in [0.05, 0.1) is 18.5 Å². The number of nitrogens with one attached hydrogen (secondary N) is 2. The van der Waals surface area contributed by atoms with Crippen molar-refractivity contribution in [2.45, 2.75) is 12.8 Å². The van der Waals surface area contributed by atoms with E-state index in [0.29, 0.717) is 0 Å². The zero-order valence-corrected chi connectivity index (χ0v) is 18.7. The van der Waals surface area contributed by atoms with Gasteiger partial charge in [0.15, 0.2) is 5.96 Å². The van der Waals surface area contributed by atoms with Gasteiger partial charge in [-0.15, -0.1) is 24.0 Å². The molecule has 152 valence electrons. The van der Waals surface area contributed by atoms with Crippen LogP contribution in [0.3, 0.4) is 0 Å². The van der Waals surface area contributed by atoms with E-state index in [1.54, 1.807) is 7.05 Å². The van der Waals surface area contributed by atoms with Crippen LogP contribution >= 0.6 is 24.0 Å². The van der Waals surface area contributed by atoms with Gasteiger partial charge in [0.1, 0.15) is 5.82 Å². The number of hydrogen-bond donors (Lipinski definition) is 2. The van der Waals surface area contributed by atoms with Gasteiger partial charge in [0.25, 0.3) is 0 Å². The number of ether oxygens (including phenoxy) is 1. The quantitative estimate of drug-likeness (QED) is 0.218. The lowest BCUT2D eigenvalue weighted by Crippen LogP contribution is -2.47.